The van der Waals surface area contributed by atoms with Gasteiger partial charge in [0.1, 0.15) is 0 Å². The van der Waals surface area contributed by atoms with E-state index in [2.05, 4.69) is 5.32 Å². The van der Waals surface area contributed by atoms with Crippen LogP contribution in [0.5, 0.6) is 0 Å². The average Bonchev–Trinajstić information content (AvgIpc) is 2.98. The Morgan fingerprint density at radius 3 is 2.58 bits per heavy atom. The molecule has 0 aliphatic carbocycles. The van der Waals surface area contributed by atoms with Crippen LogP contribution in [0.15, 0.2) is 48.5 Å². The van der Waals surface area contributed by atoms with E-state index in [0.717, 1.165) is 5.56 Å². The van der Waals surface area contributed by atoms with Gasteiger partial charge in [-0.1, -0.05) is 53.5 Å². The molecule has 1 unspecified atom stereocenters. The van der Waals surface area contributed by atoms with Crippen molar-refractivity contribution < 1.29 is 9.59 Å². The zero-order valence-corrected chi connectivity index (χ0v) is 14.3. The lowest BCUT2D eigenvalue weighted by Gasteiger charge is -2.17. The van der Waals surface area contributed by atoms with Crippen LogP contribution in [0.4, 0.5) is 5.69 Å². The quantitative estimate of drug-likeness (QED) is 0.901. The first kappa shape index (κ1) is 16.8. The van der Waals surface area contributed by atoms with Crippen molar-refractivity contribution in [3.8, 4) is 0 Å². The predicted molar refractivity (Wildman–Crippen MR) is 95.2 cm³/mol. The van der Waals surface area contributed by atoms with Crippen LogP contribution in [0, 0.1) is 5.92 Å². The van der Waals surface area contributed by atoms with Crippen LogP contribution in [0.25, 0.3) is 0 Å². The number of rotatable bonds is 4. The van der Waals surface area contributed by atoms with Crippen molar-refractivity contribution in [1.29, 1.82) is 0 Å². The van der Waals surface area contributed by atoms with E-state index in [-0.39, 0.29) is 24.2 Å². The lowest BCUT2D eigenvalue weighted by Crippen LogP contribution is -2.32. The molecule has 1 aliphatic heterocycles. The van der Waals surface area contributed by atoms with Crippen LogP contribution in [-0.4, -0.2) is 18.4 Å². The van der Waals surface area contributed by atoms with Crippen molar-refractivity contribution in [2.24, 2.45) is 5.92 Å². The summed E-state index contributed by atoms with van der Waals surface area (Å²) >= 11 is 11.9. The van der Waals surface area contributed by atoms with Gasteiger partial charge in [0.2, 0.25) is 11.8 Å². The molecule has 2 aromatic carbocycles. The number of nitrogens with zero attached hydrogens (tertiary/aromatic N) is 1. The Balaban J connectivity index is 1.63. The summed E-state index contributed by atoms with van der Waals surface area (Å²) in [4.78, 5) is 26.1. The lowest BCUT2D eigenvalue weighted by atomic mass is 10.1. The topological polar surface area (TPSA) is 49.4 Å². The van der Waals surface area contributed by atoms with Crippen molar-refractivity contribution in [3.63, 3.8) is 0 Å². The van der Waals surface area contributed by atoms with Gasteiger partial charge in [-0.15, -0.1) is 0 Å². The first-order valence-electron chi connectivity index (χ1n) is 7.61. The smallest absolute Gasteiger partial charge is 0.227 e. The molecule has 1 aliphatic rings. The monoisotopic (exact) mass is 362 g/mol. The summed E-state index contributed by atoms with van der Waals surface area (Å²) in [6, 6.07) is 14.7. The molecule has 0 radical (unpaired) electrons. The van der Waals surface area contributed by atoms with Crippen LogP contribution in [0.2, 0.25) is 10.0 Å². The van der Waals surface area contributed by atoms with Gasteiger partial charge < -0.3 is 10.2 Å². The predicted octanol–water partition coefficient (Wildman–Crippen LogP) is 3.66. The van der Waals surface area contributed by atoms with Crippen molar-refractivity contribution in [3.05, 3.63) is 64.1 Å². The second-order valence-corrected chi connectivity index (χ2v) is 6.52. The highest BCUT2D eigenvalue weighted by molar-refractivity contribution is 6.42. The molecule has 0 bridgehead atoms. The molecule has 1 fully saturated rings. The van der Waals surface area contributed by atoms with Crippen LogP contribution in [0.3, 0.4) is 0 Å². The first-order chi connectivity index (χ1) is 11.5. The van der Waals surface area contributed by atoms with Gasteiger partial charge in [-0.2, -0.15) is 0 Å². The third-order valence-electron chi connectivity index (χ3n) is 4.02. The average molecular weight is 363 g/mol. The third kappa shape index (κ3) is 3.71. The number of amides is 2. The minimum atomic E-state index is -0.365. The number of hydrogen-bond donors (Lipinski definition) is 1. The van der Waals surface area contributed by atoms with Crippen LogP contribution in [-0.2, 0) is 16.1 Å². The van der Waals surface area contributed by atoms with Gasteiger partial charge in [0.25, 0.3) is 0 Å². The first-order valence-corrected chi connectivity index (χ1v) is 8.37. The second kappa shape index (κ2) is 7.24. The van der Waals surface area contributed by atoms with E-state index in [1.54, 1.807) is 23.1 Å². The summed E-state index contributed by atoms with van der Waals surface area (Å²) in [5.74, 6) is -0.571. The lowest BCUT2D eigenvalue weighted by molar-refractivity contribution is -0.126. The van der Waals surface area contributed by atoms with Crippen LogP contribution in [0.1, 0.15) is 12.0 Å². The number of nitrogens with one attached hydrogen (secondary N) is 1. The van der Waals surface area contributed by atoms with Gasteiger partial charge >= 0.3 is 0 Å². The molecule has 1 atom stereocenters. The van der Waals surface area contributed by atoms with E-state index >= 15 is 0 Å². The Labute approximate surface area is 150 Å². The van der Waals surface area contributed by atoms with Gasteiger partial charge in [0.05, 0.1) is 16.0 Å². The molecular weight excluding hydrogens is 347 g/mol. The molecule has 3 rings (SSSR count). The maximum atomic E-state index is 12.3. The molecule has 2 amide bonds. The fourth-order valence-corrected chi connectivity index (χ4v) is 3.01. The largest absolute Gasteiger partial charge is 0.352 e. The summed E-state index contributed by atoms with van der Waals surface area (Å²) in [7, 11) is 0. The zero-order valence-electron chi connectivity index (χ0n) is 12.8. The molecule has 1 N–H and O–H groups in total. The summed E-state index contributed by atoms with van der Waals surface area (Å²) in [5.41, 5.74) is 1.68. The summed E-state index contributed by atoms with van der Waals surface area (Å²) < 4.78 is 0. The van der Waals surface area contributed by atoms with Crippen LogP contribution >= 0.6 is 23.2 Å². The minimum absolute atomic E-state index is 0.0896. The molecular formula is C18H16Cl2N2O2. The number of carbonyl (C=O) groups is 2. The van der Waals surface area contributed by atoms with Crippen molar-refractivity contribution in [1.82, 2.24) is 5.32 Å². The van der Waals surface area contributed by atoms with E-state index in [0.29, 0.717) is 28.8 Å². The summed E-state index contributed by atoms with van der Waals surface area (Å²) in [5, 5.41) is 3.71. The molecule has 2 aromatic rings. The second-order valence-electron chi connectivity index (χ2n) is 5.71. The van der Waals surface area contributed by atoms with Crippen molar-refractivity contribution in [2.75, 3.05) is 11.4 Å². The molecule has 6 heteroatoms. The fraction of sp³-hybridized carbons (Fsp3) is 0.222. The highest BCUT2D eigenvalue weighted by Crippen LogP contribution is 2.31. The Kier molecular flexibility index (Phi) is 5.07. The number of carbonyl (C=O) groups excluding carboxylic acids is 2. The summed E-state index contributed by atoms with van der Waals surface area (Å²) in [6.45, 7) is 0.800. The molecule has 0 spiro atoms. The maximum absolute atomic E-state index is 12.3. The molecule has 24 heavy (non-hydrogen) atoms. The van der Waals surface area contributed by atoms with Gasteiger partial charge in [-0.25, -0.2) is 0 Å². The molecule has 1 heterocycles. The Morgan fingerprint density at radius 2 is 1.88 bits per heavy atom. The fourth-order valence-electron chi connectivity index (χ4n) is 2.72. The van der Waals surface area contributed by atoms with E-state index in [9.17, 15) is 9.59 Å². The van der Waals surface area contributed by atoms with Gasteiger partial charge in [0, 0.05) is 25.2 Å². The SMILES string of the molecule is O=C(NCc1ccccc1)C1CC(=O)N(c2ccc(Cl)c(Cl)c2)C1. The van der Waals surface area contributed by atoms with E-state index in [1.165, 1.54) is 0 Å². The number of benzene rings is 2. The third-order valence-corrected chi connectivity index (χ3v) is 4.76. The van der Waals surface area contributed by atoms with E-state index in [1.807, 2.05) is 30.3 Å². The highest BCUT2D eigenvalue weighted by atomic mass is 35.5. The Morgan fingerprint density at radius 1 is 1.12 bits per heavy atom. The number of anilines is 1. The Bertz CT molecular complexity index is 765. The number of hydrogen-bond acceptors (Lipinski definition) is 2. The van der Waals surface area contributed by atoms with Gasteiger partial charge in [0.15, 0.2) is 0 Å². The van der Waals surface area contributed by atoms with Crippen molar-refractivity contribution in [2.45, 2.75) is 13.0 Å². The zero-order chi connectivity index (χ0) is 17.1. The van der Waals surface area contributed by atoms with E-state index in [4.69, 9.17) is 23.2 Å². The van der Waals surface area contributed by atoms with Crippen LogP contribution < -0.4 is 10.2 Å². The molecule has 0 aromatic heterocycles. The molecule has 0 saturated carbocycles. The van der Waals surface area contributed by atoms with Gasteiger partial charge in [-0.05, 0) is 23.8 Å². The Hall–Kier alpha value is -2.04. The normalized spacial score (nSPS) is 17.2. The molecule has 124 valence electrons. The van der Waals surface area contributed by atoms with Crippen molar-refractivity contribution >= 4 is 40.7 Å². The summed E-state index contributed by atoms with van der Waals surface area (Å²) in [6.07, 6.45) is 0.195. The van der Waals surface area contributed by atoms with E-state index < -0.39 is 0 Å². The minimum Gasteiger partial charge on any atom is -0.352 e. The number of halogens is 2. The van der Waals surface area contributed by atoms with Gasteiger partial charge in [-0.3, -0.25) is 9.59 Å². The maximum Gasteiger partial charge on any atom is 0.227 e. The highest BCUT2D eigenvalue weighted by Gasteiger charge is 2.35. The molecule has 4 nitrogen and oxygen atoms in total. The molecule has 1 saturated heterocycles. The standard InChI is InChI=1S/C18H16Cl2N2O2/c19-15-7-6-14(9-16(15)20)22-11-13(8-17(22)23)18(24)21-10-12-4-2-1-3-5-12/h1-7,9,13H,8,10-11H2,(H,21,24).